The summed E-state index contributed by atoms with van der Waals surface area (Å²) in [6, 6.07) is 14.4. The van der Waals surface area contributed by atoms with E-state index in [0.717, 1.165) is 5.56 Å². The molecule has 0 atom stereocenters. The summed E-state index contributed by atoms with van der Waals surface area (Å²) in [5.74, 6) is 1.17. The molecule has 6 heteroatoms. The highest BCUT2D eigenvalue weighted by Gasteiger charge is 2.06. The summed E-state index contributed by atoms with van der Waals surface area (Å²) in [6.07, 6.45) is 0. The second-order valence-corrected chi connectivity index (χ2v) is 5.03. The number of nitrogens with zero attached hydrogens (tertiary/aromatic N) is 1. The third kappa shape index (κ3) is 4.73. The first-order valence-electron chi connectivity index (χ1n) is 7.38. The number of benzene rings is 2. The Hall–Kier alpha value is -3.04. The Labute approximate surface area is 141 Å². The lowest BCUT2D eigenvalue weighted by molar-refractivity contribution is -0.115. The SMILES string of the molecule is COc1ccc(CNCC(=O)Nc2ccc(C#N)cc2)cc1OC. The van der Waals surface area contributed by atoms with Gasteiger partial charge in [0, 0.05) is 12.2 Å². The average Bonchev–Trinajstić information content (AvgIpc) is 2.62. The highest BCUT2D eigenvalue weighted by molar-refractivity contribution is 5.92. The zero-order chi connectivity index (χ0) is 17.4. The lowest BCUT2D eigenvalue weighted by Gasteiger charge is -2.10. The van der Waals surface area contributed by atoms with Crippen LogP contribution in [0.5, 0.6) is 11.5 Å². The van der Waals surface area contributed by atoms with E-state index in [9.17, 15) is 4.79 Å². The molecule has 124 valence electrons. The first-order valence-corrected chi connectivity index (χ1v) is 7.38. The van der Waals surface area contributed by atoms with Gasteiger partial charge in [0.1, 0.15) is 0 Å². The smallest absolute Gasteiger partial charge is 0.238 e. The minimum atomic E-state index is -0.153. The van der Waals surface area contributed by atoms with Crippen LogP contribution in [0.2, 0.25) is 0 Å². The van der Waals surface area contributed by atoms with Crippen molar-refractivity contribution in [3.8, 4) is 17.6 Å². The molecule has 2 rings (SSSR count). The van der Waals surface area contributed by atoms with Crippen LogP contribution >= 0.6 is 0 Å². The number of nitriles is 1. The zero-order valence-corrected chi connectivity index (χ0v) is 13.6. The van der Waals surface area contributed by atoms with Gasteiger partial charge in [0.05, 0.1) is 32.4 Å². The van der Waals surface area contributed by atoms with Crippen LogP contribution in [0.15, 0.2) is 42.5 Å². The largest absolute Gasteiger partial charge is 0.493 e. The van der Waals surface area contributed by atoms with Crippen molar-refractivity contribution in [2.24, 2.45) is 0 Å². The standard InChI is InChI=1S/C18H19N3O3/c1-23-16-8-5-14(9-17(16)24-2)11-20-12-18(22)21-15-6-3-13(10-19)4-7-15/h3-9,20H,11-12H2,1-2H3,(H,21,22). The van der Waals surface area contributed by atoms with Gasteiger partial charge in [-0.15, -0.1) is 0 Å². The van der Waals surface area contributed by atoms with Crippen LogP contribution in [0.3, 0.4) is 0 Å². The van der Waals surface area contributed by atoms with Crippen molar-refractivity contribution in [2.75, 3.05) is 26.1 Å². The van der Waals surface area contributed by atoms with Crippen molar-refractivity contribution in [1.82, 2.24) is 5.32 Å². The van der Waals surface area contributed by atoms with E-state index >= 15 is 0 Å². The average molecular weight is 325 g/mol. The number of anilines is 1. The van der Waals surface area contributed by atoms with E-state index in [0.29, 0.717) is 29.3 Å². The molecule has 0 aliphatic heterocycles. The van der Waals surface area contributed by atoms with E-state index in [2.05, 4.69) is 10.6 Å². The molecule has 0 aliphatic carbocycles. The topological polar surface area (TPSA) is 83.4 Å². The maximum atomic E-state index is 11.9. The van der Waals surface area contributed by atoms with Gasteiger partial charge < -0.3 is 20.1 Å². The van der Waals surface area contributed by atoms with Gasteiger partial charge >= 0.3 is 0 Å². The van der Waals surface area contributed by atoms with Gasteiger partial charge in [-0.2, -0.15) is 5.26 Å². The number of amides is 1. The summed E-state index contributed by atoms with van der Waals surface area (Å²) < 4.78 is 10.4. The fraction of sp³-hybridized carbons (Fsp3) is 0.222. The fourth-order valence-corrected chi connectivity index (χ4v) is 2.14. The second-order valence-electron chi connectivity index (χ2n) is 5.03. The van der Waals surface area contributed by atoms with E-state index < -0.39 is 0 Å². The van der Waals surface area contributed by atoms with Crippen LogP contribution in [0.4, 0.5) is 5.69 Å². The Morgan fingerprint density at radius 1 is 1.08 bits per heavy atom. The van der Waals surface area contributed by atoms with E-state index in [4.69, 9.17) is 14.7 Å². The third-order valence-electron chi connectivity index (χ3n) is 3.36. The van der Waals surface area contributed by atoms with E-state index in [1.807, 2.05) is 24.3 Å². The summed E-state index contributed by atoms with van der Waals surface area (Å²) in [5.41, 5.74) is 2.20. The summed E-state index contributed by atoms with van der Waals surface area (Å²) in [4.78, 5) is 11.9. The molecule has 0 aliphatic rings. The van der Waals surface area contributed by atoms with E-state index in [1.54, 1.807) is 38.5 Å². The highest BCUT2D eigenvalue weighted by atomic mass is 16.5. The van der Waals surface area contributed by atoms with Gasteiger partial charge in [-0.05, 0) is 42.0 Å². The van der Waals surface area contributed by atoms with Crippen molar-refractivity contribution >= 4 is 11.6 Å². The number of carbonyl (C=O) groups excluding carboxylic acids is 1. The van der Waals surface area contributed by atoms with Crippen LogP contribution in [-0.2, 0) is 11.3 Å². The van der Waals surface area contributed by atoms with Crippen molar-refractivity contribution in [3.05, 3.63) is 53.6 Å². The molecule has 0 bridgehead atoms. The Morgan fingerprint density at radius 3 is 2.42 bits per heavy atom. The Bertz CT molecular complexity index is 736. The molecule has 2 aromatic carbocycles. The van der Waals surface area contributed by atoms with Crippen molar-refractivity contribution in [2.45, 2.75) is 6.54 Å². The van der Waals surface area contributed by atoms with Gasteiger partial charge in [0.25, 0.3) is 0 Å². The predicted molar refractivity (Wildman–Crippen MR) is 91.0 cm³/mol. The lowest BCUT2D eigenvalue weighted by Crippen LogP contribution is -2.27. The number of hydrogen-bond acceptors (Lipinski definition) is 5. The molecule has 0 unspecified atom stereocenters. The molecular formula is C18H19N3O3. The van der Waals surface area contributed by atoms with Gasteiger partial charge in [-0.3, -0.25) is 4.79 Å². The quantitative estimate of drug-likeness (QED) is 0.816. The Balaban J connectivity index is 1.83. The maximum absolute atomic E-state index is 11.9. The van der Waals surface area contributed by atoms with Crippen molar-refractivity contribution < 1.29 is 14.3 Å². The monoisotopic (exact) mass is 325 g/mol. The maximum Gasteiger partial charge on any atom is 0.238 e. The number of hydrogen-bond donors (Lipinski definition) is 2. The number of nitrogens with one attached hydrogen (secondary N) is 2. The Kier molecular flexibility index (Phi) is 6.17. The molecular weight excluding hydrogens is 306 g/mol. The molecule has 0 saturated heterocycles. The summed E-state index contributed by atoms with van der Waals surface area (Å²) in [5, 5.41) is 14.6. The van der Waals surface area contributed by atoms with Crippen molar-refractivity contribution in [3.63, 3.8) is 0 Å². The number of ether oxygens (including phenoxy) is 2. The fourth-order valence-electron chi connectivity index (χ4n) is 2.14. The van der Waals surface area contributed by atoms with Crippen LogP contribution < -0.4 is 20.1 Å². The first kappa shape index (κ1) is 17.3. The summed E-state index contributed by atoms with van der Waals surface area (Å²) in [6.45, 7) is 0.704. The van der Waals surface area contributed by atoms with Gasteiger partial charge in [-0.25, -0.2) is 0 Å². The summed E-state index contributed by atoms with van der Waals surface area (Å²) >= 11 is 0. The van der Waals surface area contributed by atoms with Crippen molar-refractivity contribution in [1.29, 1.82) is 5.26 Å². The minimum Gasteiger partial charge on any atom is -0.493 e. The molecule has 2 aromatic rings. The van der Waals surface area contributed by atoms with E-state index in [1.165, 1.54) is 0 Å². The second kappa shape index (κ2) is 8.56. The van der Waals surface area contributed by atoms with Crippen LogP contribution in [0, 0.1) is 11.3 Å². The molecule has 24 heavy (non-hydrogen) atoms. The molecule has 6 nitrogen and oxygen atoms in total. The number of methoxy groups -OCH3 is 2. The normalized spacial score (nSPS) is 9.88. The molecule has 0 radical (unpaired) electrons. The lowest BCUT2D eigenvalue weighted by atomic mass is 10.2. The van der Waals surface area contributed by atoms with Crippen LogP contribution in [-0.4, -0.2) is 26.7 Å². The third-order valence-corrected chi connectivity index (χ3v) is 3.36. The predicted octanol–water partition coefficient (Wildman–Crippen LogP) is 2.30. The minimum absolute atomic E-state index is 0.153. The van der Waals surface area contributed by atoms with Crippen LogP contribution in [0.1, 0.15) is 11.1 Å². The number of carbonyl (C=O) groups is 1. The molecule has 0 saturated carbocycles. The van der Waals surface area contributed by atoms with E-state index in [-0.39, 0.29) is 12.5 Å². The summed E-state index contributed by atoms with van der Waals surface area (Å²) in [7, 11) is 3.17. The molecule has 1 amide bonds. The van der Waals surface area contributed by atoms with Gasteiger partial charge in [0.2, 0.25) is 5.91 Å². The molecule has 0 heterocycles. The number of rotatable bonds is 7. The first-order chi connectivity index (χ1) is 11.7. The molecule has 0 fully saturated rings. The van der Waals surface area contributed by atoms with Gasteiger partial charge in [0.15, 0.2) is 11.5 Å². The zero-order valence-electron chi connectivity index (χ0n) is 13.6. The molecule has 0 spiro atoms. The molecule has 2 N–H and O–H groups in total. The Morgan fingerprint density at radius 2 is 1.79 bits per heavy atom. The van der Waals surface area contributed by atoms with Crippen LogP contribution in [0.25, 0.3) is 0 Å². The highest BCUT2D eigenvalue weighted by Crippen LogP contribution is 2.27. The molecule has 0 aromatic heterocycles. The van der Waals surface area contributed by atoms with Gasteiger partial charge in [-0.1, -0.05) is 6.07 Å².